The van der Waals surface area contributed by atoms with Crippen molar-refractivity contribution in [1.82, 2.24) is 14.6 Å². The Morgan fingerprint density at radius 1 is 1.38 bits per heavy atom. The van der Waals surface area contributed by atoms with E-state index >= 15 is 0 Å². The molecule has 0 unspecified atom stereocenters. The molecule has 0 fully saturated rings. The highest BCUT2D eigenvalue weighted by molar-refractivity contribution is 5.94. The maximum absolute atomic E-state index is 11.0. The Kier molecular flexibility index (Phi) is 1.92. The quantitative estimate of drug-likeness (QED) is 0.781. The topological polar surface area (TPSA) is 67.5 Å². The molecule has 0 atom stereocenters. The molecule has 1 aliphatic carbocycles. The summed E-state index contributed by atoms with van der Waals surface area (Å²) in [6, 6.07) is 0. The number of carbonyl (C=O) groups is 1. The fourth-order valence-corrected chi connectivity index (χ4v) is 2.17. The maximum atomic E-state index is 11.0. The van der Waals surface area contributed by atoms with Crippen LogP contribution in [-0.2, 0) is 12.8 Å². The van der Waals surface area contributed by atoms with Crippen LogP contribution in [0.4, 0.5) is 0 Å². The van der Waals surface area contributed by atoms with Gasteiger partial charge in [-0.2, -0.15) is 5.10 Å². The summed E-state index contributed by atoms with van der Waals surface area (Å²) >= 11 is 0. The van der Waals surface area contributed by atoms with E-state index < -0.39 is 5.97 Å². The fraction of sp³-hybridized carbons (Fsp3) is 0.364. The van der Waals surface area contributed by atoms with Gasteiger partial charge in [0.1, 0.15) is 5.56 Å². The lowest BCUT2D eigenvalue weighted by Gasteiger charge is -2.14. The minimum absolute atomic E-state index is 0.174. The first-order valence-electron chi connectivity index (χ1n) is 5.35. The van der Waals surface area contributed by atoms with Gasteiger partial charge in [0, 0.05) is 11.9 Å². The van der Waals surface area contributed by atoms with Crippen LogP contribution in [0.15, 0.2) is 12.4 Å². The first-order chi connectivity index (χ1) is 7.75. The summed E-state index contributed by atoms with van der Waals surface area (Å²) in [7, 11) is 0. The number of nitrogens with zero attached hydrogens (tertiary/aromatic N) is 3. The highest BCUT2D eigenvalue weighted by atomic mass is 16.4. The third-order valence-electron chi connectivity index (χ3n) is 3.00. The lowest BCUT2D eigenvalue weighted by molar-refractivity contribution is 0.0699. The van der Waals surface area contributed by atoms with E-state index in [1.54, 1.807) is 4.52 Å². The Bertz CT molecular complexity index is 574. The smallest absolute Gasteiger partial charge is 0.341 e. The standard InChI is InChI=1S/C11H11N3O2/c15-11(16)8-5-12-14-6-7-3-1-2-4-9(7)13-10(8)14/h5-6H,1-4H2,(H,15,16). The Hall–Kier alpha value is -1.91. The molecule has 16 heavy (non-hydrogen) atoms. The van der Waals surface area contributed by atoms with Crippen molar-refractivity contribution in [2.45, 2.75) is 25.7 Å². The number of carboxylic acid groups (broad SMARTS) is 1. The average Bonchev–Trinajstić information content (AvgIpc) is 2.68. The highest BCUT2D eigenvalue weighted by Gasteiger charge is 2.17. The molecule has 2 aromatic rings. The molecular formula is C11H11N3O2. The number of hydrogen-bond donors (Lipinski definition) is 1. The zero-order chi connectivity index (χ0) is 11.1. The van der Waals surface area contributed by atoms with Gasteiger partial charge in [-0.05, 0) is 31.2 Å². The number of aromatic carboxylic acids is 1. The van der Waals surface area contributed by atoms with Crippen molar-refractivity contribution >= 4 is 11.6 Å². The van der Waals surface area contributed by atoms with E-state index in [1.165, 1.54) is 18.2 Å². The predicted molar refractivity (Wildman–Crippen MR) is 56.6 cm³/mol. The Morgan fingerprint density at radius 3 is 3.00 bits per heavy atom. The van der Waals surface area contributed by atoms with Gasteiger partial charge >= 0.3 is 5.97 Å². The maximum Gasteiger partial charge on any atom is 0.341 e. The van der Waals surface area contributed by atoms with Gasteiger partial charge in [0.25, 0.3) is 0 Å². The molecule has 5 nitrogen and oxygen atoms in total. The number of rotatable bonds is 1. The van der Waals surface area contributed by atoms with Crippen LogP contribution in [0.1, 0.15) is 34.5 Å². The van der Waals surface area contributed by atoms with Crippen LogP contribution in [0.2, 0.25) is 0 Å². The van der Waals surface area contributed by atoms with Crippen molar-refractivity contribution in [3.63, 3.8) is 0 Å². The summed E-state index contributed by atoms with van der Waals surface area (Å²) < 4.78 is 1.56. The fourth-order valence-electron chi connectivity index (χ4n) is 2.17. The van der Waals surface area contributed by atoms with E-state index in [0.29, 0.717) is 5.65 Å². The van der Waals surface area contributed by atoms with Crippen LogP contribution in [0, 0.1) is 0 Å². The monoisotopic (exact) mass is 217 g/mol. The molecule has 0 saturated carbocycles. The molecule has 2 aromatic heterocycles. The molecule has 0 amide bonds. The van der Waals surface area contributed by atoms with Gasteiger partial charge in [-0.25, -0.2) is 14.3 Å². The molecule has 3 rings (SSSR count). The van der Waals surface area contributed by atoms with Crippen LogP contribution >= 0.6 is 0 Å². The molecule has 0 aliphatic heterocycles. The molecule has 0 aromatic carbocycles. The first-order valence-corrected chi connectivity index (χ1v) is 5.35. The van der Waals surface area contributed by atoms with Gasteiger partial charge in [-0.15, -0.1) is 0 Å². The molecule has 5 heteroatoms. The molecule has 2 heterocycles. The Morgan fingerprint density at radius 2 is 2.19 bits per heavy atom. The van der Waals surface area contributed by atoms with Crippen LogP contribution < -0.4 is 0 Å². The summed E-state index contributed by atoms with van der Waals surface area (Å²) in [5.41, 5.74) is 2.85. The van der Waals surface area contributed by atoms with Gasteiger partial charge in [0.15, 0.2) is 5.65 Å². The molecule has 1 N–H and O–H groups in total. The summed E-state index contributed by atoms with van der Waals surface area (Å²) in [5, 5.41) is 13.0. The molecule has 1 aliphatic rings. The van der Waals surface area contributed by atoms with Gasteiger partial charge in [0.05, 0.1) is 6.20 Å². The van der Waals surface area contributed by atoms with Crippen LogP contribution in [-0.4, -0.2) is 25.7 Å². The average molecular weight is 217 g/mol. The number of aromatic nitrogens is 3. The van der Waals surface area contributed by atoms with E-state index in [-0.39, 0.29) is 5.56 Å². The predicted octanol–water partition coefficient (Wildman–Crippen LogP) is 1.31. The summed E-state index contributed by atoms with van der Waals surface area (Å²) in [5.74, 6) is -0.974. The van der Waals surface area contributed by atoms with Crippen molar-refractivity contribution < 1.29 is 9.90 Å². The van der Waals surface area contributed by atoms with Gasteiger partial charge in [-0.3, -0.25) is 0 Å². The van der Waals surface area contributed by atoms with E-state index in [1.807, 2.05) is 6.20 Å². The highest BCUT2D eigenvalue weighted by Crippen LogP contribution is 2.20. The summed E-state index contributed by atoms with van der Waals surface area (Å²) in [6.45, 7) is 0. The van der Waals surface area contributed by atoms with Crippen molar-refractivity contribution in [3.05, 3.63) is 29.2 Å². The zero-order valence-electron chi connectivity index (χ0n) is 8.68. The first kappa shape index (κ1) is 9.33. The molecule has 0 radical (unpaired) electrons. The van der Waals surface area contributed by atoms with Gasteiger partial charge in [0.2, 0.25) is 0 Å². The number of carboxylic acids is 1. The SMILES string of the molecule is O=C(O)c1cnn2cc3c(nc12)CCCC3. The summed E-state index contributed by atoms with van der Waals surface area (Å²) in [4.78, 5) is 15.4. The van der Waals surface area contributed by atoms with Crippen molar-refractivity contribution in [2.75, 3.05) is 0 Å². The van der Waals surface area contributed by atoms with E-state index in [2.05, 4.69) is 10.1 Å². The molecule has 0 bridgehead atoms. The Balaban J connectivity index is 2.25. The van der Waals surface area contributed by atoms with E-state index in [9.17, 15) is 4.79 Å². The van der Waals surface area contributed by atoms with E-state index in [0.717, 1.165) is 25.0 Å². The minimum atomic E-state index is -0.974. The minimum Gasteiger partial charge on any atom is -0.477 e. The van der Waals surface area contributed by atoms with Crippen LogP contribution in [0.25, 0.3) is 5.65 Å². The van der Waals surface area contributed by atoms with Gasteiger partial charge in [-0.1, -0.05) is 0 Å². The third kappa shape index (κ3) is 1.28. The second kappa shape index (κ2) is 3.30. The normalized spacial score (nSPS) is 15.0. The number of hydrogen-bond acceptors (Lipinski definition) is 3. The van der Waals surface area contributed by atoms with E-state index in [4.69, 9.17) is 5.11 Å². The Labute approximate surface area is 91.7 Å². The molecule has 0 spiro atoms. The lowest BCUT2D eigenvalue weighted by Crippen LogP contribution is -2.09. The number of aryl methyl sites for hydroxylation is 2. The second-order valence-corrected chi connectivity index (χ2v) is 4.05. The van der Waals surface area contributed by atoms with Gasteiger partial charge < -0.3 is 5.11 Å². The largest absolute Gasteiger partial charge is 0.477 e. The second-order valence-electron chi connectivity index (χ2n) is 4.05. The van der Waals surface area contributed by atoms with Crippen LogP contribution in [0.3, 0.4) is 0 Å². The third-order valence-corrected chi connectivity index (χ3v) is 3.00. The lowest BCUT2D eigenvalue weighted by atomic mass is 9.97. The zero-order valence-corrected chi connectivity index (χ0v) is 8.68. The molecule has 82 valence electrons. The molecular weight excluding hydrogens is 206 g/mol. The van der Waals surface area contributed by atoms with Crippen molar-refractivity contribution in [2.24, 2.45) is 0 Å². The summed E-state index contributed by atoms with van der Waals surface area (Å²) in [6.07, 6.45) is 7.52. The number of fused-ring (bicyclic) bond motifs is 2. The molecule has 0 saturated heterocycles. The van der Waals surface area contributed by atoms with Crippen LogP contribution in [0.5, 0.6) is 0 Å². The van der Waals surface area contributed by atoms with Crippen molar-refractivity contribution in [1.29, 1.82) is 0 Å². The van der Waals surface area contributed by atoms with Crippen molar-refractivity contribution in [3.8, 4) is 0 Å².